The molecule has 0 radical (unpaired) electrons. The van der Waals surface area contributed by atoms with Crippen LogP contribution in [0.3, 0.4) is 0 Å². The van der Waals surface area contributed by atoms with Crippen LogP contribution in [-0.2, 0) is 6.54 Å². The normalized spacial score (nSPS) is 22.9. The SMILES string of the molecule is Cc1noc(C)c1CN1C[C@H](O)C[C@@H]1c1ccc(F)cc1. The van der Waals surface area contributed by atoms with Gasteiger partial charge in [0, 0.05) is 24.7 Å². The molecule has 1 aromatic heterocycles. The molecule has 0 bridgehead atoms. The number of aliphatic hydroxyl groups is 1. The zero-order valence-electron chi connectivity index (χ0n) is 12.2. The Balaban J connectivity index is 1.84. The molecule has 2 atom stereocenters. The third kappa shape index (κ3) is 2.84. The number of aliphatic hydroxyl groups excluding tert-OH is 1. The number of aromatic nitrogens is 1. The van der Waals surface area contributed by atoms with Crippen molar-refractivity contribution in [2.45, 2.75) is 39.0 Å². The van der Waals surface area contributed by atoms with Crippen molar-refractivity contribution in [1.82, 2.24) is 10.1 Å². The highest BCUT2D eigenvalue weighted by Crippen LogP contribution is 2.34. The van der Waals surface area contributed by atoms with Crippen LogP contribution >= 0.6 is 0 Å². The first kappa shape index (κ1) is 14.2. The number of rotatable bonds is 3. The third-order valence-electron chi connectivity index (χ3n) is 4.18. The fourth-order valence-corrected chi connectivity index (χ4v) is 3.02. The van der Waals surface area contributed by atoms with Crippen molar-refractivity contribution < 1.29 is 14.0 Å². The summed E-state index contributed by atoms with van der Waals surface area (Å²) in [6, 6.07) is 6.60. The summed E-state index contributed by atoms with van der Waals surface area (Å²) in [4.78, 5) is 2.20. The standard InChI is InChI=1S/C16H19FN2O2/c1-10-15(11(2)21-18-10)9-19-8-14(20)7-16(19)12-3-5-13(17)6-4-12/h3-6,14,16,20H,7-9H2,1-2H3/t14-,16-/m1/s1. The van der Waals surface area contributed by atoms with E-state index in [9.17, 15) is 9.50 Å². The summed E-state index contributed by atoms with van der Waals surface area (Å²) in [6.45, 7) is 5.10. The molecule has 21 heavy (non-hydrogen) atoms. The average molecular weight is 290 g/mol. The fourth-order valence-electron chi connectivity index (χ4n) is 3.02. The van der Waals surface area contributed by atoms with Crippen molar-refractivity contribution in [3.63, 3.8) is 0 Å². The van der Waals surface area contributed by atoms with Gasteiger partial charge in [0.05, 0.1) is 11.8 Å². The predicted molar refractivity (Wildman–Crippen MR) is 76.2 cm³/mol. The highest BCUT2D eigenvalue weighted by molar-refractivity contribution is 5.24. The van der Waals surface area contributed by atoms with Gasteiger partial charge in [-0.25, -0.2) is 4.39 Å². The van der Waals surface area contributed by atoms with Crippen LogP contribution in [0, 0.1) is 19.7 Å². The Morgan fingerprint density at radius 1 is 1.33 bits per heavy atom. The number of benzene rings is 1. The molecule has 112 valence electrons. The molecule has 0 amide bonds. The minimum atomic E-state index is -0.361. The van der Waals surface area contributed by atoms with Crippen LogP contribution in [-0.4, -0.2) is 27.8 Å². The second-order valence-electron chi connectivity index (χ2n) is 5.69. The van der Waals surface area contributed by atoms with Gasteiger partial charge in [0.25, 0.3) is 0 Å². The molecule has 0 saturated carbocycles. The molecular formula is C16H19FN2O2. The van der Waals surface area contributed by atoms with E-state index >= 15 is 0 Å². The fraction of sp³-hybridized carbons (Fsp3) is 0.438. The van der Waals surface area contributed by atoms with Crippen LogP contribution in [0.1, 0.15) is 35.0 Å². The van der Waals surface area contributed by atoms with E-state index in [1.54, 1.807) is 12.1 Å². The van der Waals surface area contributed by atoms with E-state index in [0.717, 1.165) is 22.6 Å². The van der Waals surface area contributed by atoms with Gasteiger partial charge in [-0.15, -0.1) is 0 Å². The summed E-state index contributed by atoms with van der Waals surface area (Å²) in [5.41, 5.74) is 2.97. The summed E-state index contributed by atoms with van der Waals surface area (Å²) in [7, 11) is 0. The molecule has 2 heterocycles. The van der Waals surface area contributed by atoms with Gasteiger partial charge in [-0.1, -0.05) is 17.3 Å². The third-order valence-corrected chi connectivity index (χ3v) is 4.18. The molecule has 1 aromatic carbocycles. The maximum atomic E-state index is 13.1. The molecule has 0 spiro atoms. The van der Waals surface area contributed by atoms with Gasteiger partial charge in [-0.3, -0.25) is 4.90 Å². The molecule has 0 unspecified atom stereocenters. The van der Waals surface area contributed by atoms with Gasteiger partial charge in [-0.05, 0) is 38.0 Å². The summed E-state index contributed by atoms with van der Waals surface area (Å²) in [5, 5.41) is 14.0. The smallest absolute Gasteiger partial charge is 0.138 e. The van der Waals surface area contributed by atoms with Crippen molar-refractivity contribution in [2.75, 3.05) is 6.54 Å². The molecule has 1 N–H and O–H groups in total. The van der Waals surface area contributed by atoms with Crippen LogP contribution in [0.2, 0.25) is 0 Å². The van der Waals surface area contributed by atoms with Crippen molar-refractivity contribution in [1.29, 1.82) is 0 Å². The lowest BCUT2D eigenvalue weighted by atomic mass is 10.0. The van der Waals surface area contributed by atoms with Gasteiger partial charge < -0.3 is 9.63 Å². The number of halogens is 1. The lowest BCUT2D eigenvalue weighted by Crippen LogP contribution is -2.24. The Morgan fingerprint density at radius 3 is 2.67 bits per heavy atom. The number of hydrogen-bond donors (Lipinski definition) is 1. The minimum absolute atomic E-state index is 0.0919. The Bertz CT molecular complexity index is 604. The molecule has 1 saturated heterocycles. The van der Waals surface area contributed by atoms with Gasteiger partial charge in [-0.2, -0.15) is 0 Å². The lowest BCUT2D eigenvalue weighted by Gasteiger charge is -2.24. The van der Waals surface area contributed by atoms with Crippen LogP contribution in [0.5, 0.6) is 0 Å². The highest BCUT2D eigenvalue weighted by Gasteiger charge is 2.33. The largest absolute Gasteiger partial charge is 0.392 e. The van der Waals surface area contributed by atoms with E-state index in [1.807, 2.05) is 13.8 Å². The first-order valence-corrected chi connectivity index (χ1v) is 7.14. The van der Waals surface area contributed by atoms with Crippen LogP contribution in [0.15, 0.2) is 28.8 Å². The molecule has 1 aliphatic heterocycles. The molecule has 1 fully saturated rings. The summed E-state index contributed by atoms with van der Waals surface area (Å²) >= 11 is 0. The van der Waals surface area contributed by atoms with Gasteiger partial charge in [0.15, 0.2) is 0 Å². The number of nitrogens with zero attached hydrogens (tertiary/aromatic N) is 2. The number of likely N-dealkylation sites (tertiary alicyclic amines) is 1. The first-order chi connectivity index (χ1) is 10.0. The quantitative estimate of drug-likeness (QED) is 0.944. The average Bonchev–Trinajstić information content (AvgIpc) is 2.97. The molecular weight excluding hydrogens is 271 g/mol. The second-order valence-corrected chi connectivity index (χ2v) is 5.69. The molecule has 0 aliphatic carbocycles. The first-order valence-electron chi connectivity index (χ1n) is 7.14. The van der Waals surface area contributed by atoms with Crippen molar-refractivity contribution in [2.24, 2.45) is 0 Å². The molecule has 4 nitrogen and oxygen atoms in total. The second kappa shape index (κ2) is 5.58. The Hall–Kier alpha value is -1.72. The van der Waals surface area contributed by atoms with Crippen LogP contribution < -0.4 is 0 Å². The number of β-amino-alcohol motifs (C(OH)–C–C–N with tert-alkyl or cyclic N) is 1. The summed E-state index contributed by atoms with van der Waals surface area (Å²) < 4.78 is 18.3. The van der Waals surface area contributed by atoms with E-state index < -0.39 is 0 Å². The Kier molecular flexibility index (Phi) is 3.78. The maximum Gasteiger partial charge on any atom is 0.138 e. The van der Waals surface area contributed by atoms with Gasteiger partial charge >= 0.3 is 0 Å². The lowest BCUT2D eigenvalue weighted by molar-refractivity contribution is 0.172. The van der Waals surface area contributed by atoms with Crippen molar-refractivity contribution in [3.8, 4) is 0 Å². The molecule has 2 aromatic rings. The molecule has 3 rings (SSSR count). The van der Waals surface area contributed by atoms with E-state index in [2.05, 4.69) is 10.1 Å². The minimum Gasteiger partial charge on any atom is -0.392 e. The predicted octanol–water partition coefficient (Wildman–Crippen LogP) is 2.74. The highest BCUT2D eigenvalue weighted by atomic mass is 19.1. The molecule has 1 aliphatic rings. The van der Waals surface area contributed by atoms with Crippen molar-refractivity contribution in [3.05, 3.63) is 52.7 Å². The van der Waals surface area contributed by atoms with E-state index in [-0.39, 0.29) is 18.0 Å². The van der Waals surface area contributed by atoms with Crippen LogP contribution in [0.4, 0.5) is 4.39 Å². The zero-order valence-corrected chi connectivity index (χ0v) is 12.2. The Morgan fingerprint density at radius 2 is 2.05 bits per heavy atom. The summed E-state index contributed by atoms with van der Waals surface area (Å²) in [6.07, 6.45) is 0.301. The van der Waals surface area contributed by atoms with Crippen LogP contribution in [0.25, 0.3) is 0 Å². The number of aryl methyl sites for hydroxylation is 2. The van der Waals surface area contributed by atoms with E-state index in [1.165, 1.54) is 12.1 Å². The van der Waals surface area contributed by atoms with Gasteiger partial charge in [0.1, 0.15) is 11.6 Å². The summed E-state index contributed by atoms with van der Waals surface area (Å²) in [5.74, 6) is 0.571. The van der Waals surface area contributed by atoms with Crippen molar-refractivity contribution >= 4 is 0 Å². The Labute approximate surface area is 123 Å². The topological polar surface area (TPSA) is 49.5 Å². The van der Waals surface area contributed by atoms with Gasteiger partial charge in [0.2, 0.25) is 0 Å². The maximum absolute atomic E-state index is 13.1. The van der Waals surface area contributed by atoms with E-state index in [4.69, 9.17) is 4.52 Å². The zero-order chi connectivity index (χ0) is 15.0. The number of hydrogen-bond acceptors (Lipinski definition) is 4. The molecule has 5 heteroatoms. The monoisotopic (exact) mass is 290 g/mol. The van der Waals surface area contributed by atoms with E-state index in [0.29, 0.717) is 19.5 Å².